The van der Waals surface area contributed by atoms with Crippen molar-refractivity contribution in [2.24, 2.45) is 0 Å². The van der Waals surface area contributed by atoms with Crippen LogP contribution in [0.2, 0.25) is 0 Å². The first-order valence-electron chi connectivity index (χ1n) is 49.1. The normalized spacial score (nSPS) is 11.3. The molecule has 0 aliphatic heterocycles. The lowest BCUT2D eigenvalue weighted by atomic mass is 9.93. The van der Waals surface area contributed by atoms with Gasteiger partial charge in [-0.3, -0.25) is 0 Å². The zero-order valence-corrected chi connectivity index (χ0v) is 79.5. The molecule has 0 fully saturated rings. The van der Waals surface area contributed by atoms with Crippen molar-refractivity contribution in [3.63, 3.8) is 0 Å². The first kappa shape index (κ1) is 88.5. The molecule has 0 radical (unpaired) electrons. The average molecular weight is 1880 g/mol. The van der Waals surface area contributed by atoms with Crippen LogP contribution in [0, 0.1) is 0 Å². The molecule has 0 atom stereocenters. The lowest BCUT2D eigenvalue weighted by Crippen LogP contribution is -2.00. The van der Waals surface area contributed by atoms with Gasteiger partial charge in [-0.2, -0.15) is 0 Å². The van der Waals surface area contributed by atoms with Crippen molar-refractivity contribution < 1.29 is 13.3 Å². The maximum atomic E-state index is 6.40. The highest BCUT2D eigenvalue weighted by atomic mass is 16.3. The molecule has 0 unspecified atom stereocenters. The van der Waals surface area contributed by atoms with E-state index in [1.54, 1.807) is 0 Å². The van der Waals surface area contributed by atoms with Gasteiger partial charge in [0.1, 0.15) is 33.5 Å². The molecule has 6 heterocycles. The first-order valence-corrected chi connectivity index (χ1v) is 49.1. The summed E-state index contributed by atoms with van der Waals surface area (Å²) < 4.78 is 19.2. The smallest absolute Gasteiger partial charge is 0.164 e. The summed E-state index contributed by atoms with van der Waals surface area (Å²) in [6, 6.07) is 182. The van der Waals surface area contributed by atoms with Crippen LogP contribution in [0.3, 0.4) is 0 Å². The Morgan fingerprint density at radius 1 is 0.102 bits per heavy atom. The maximum absolute atomic E-state index is 6.40. The van der Waals surface area contributed by atoms with E-state index in [1.165, 1.54) is 66.8 Å². The summed E-state index contributed by atoms with van der Waals surface area (Å²) in [5.41, 5.74) is 34.3. The van der Waals surface area contributed by atoms with Crippen molar-refractivity contribution in [1.29, 1.82) is 0 Å². The largest absolute Gasteiger partial charge is 0.456 e. The van der Waals surface area contributed by atoms with Crippen molar-refractivity contribution in [3.05, 3.63) is 528 Å². The van der Waals surface area contributed by atoms with E-state index < -0.39 is 0 Å². The Morgan fingerprint density at radius 3 is 0.524 bits per heavy atom. The van der Waals surface area contributed by atoms with E-state index in [0.717, 1.165) is 149 Å². The van der Waals surface area contributed by atoms with Gasteiger partial charge in [0.15, 0.2) is 52.4 Å². The van der Waals surface area contributed by atoms with Crippen molar-refractivity contribution in [3.8, 4) is 203 Å². The fourth-order valence-corrected chi connectivity index (χ4v) is 19.5. The molecule has 0 saturated carbocycles. The van der Waals surface area contributed by atoms with E-state index in [-0.39, 0.29) is 0 Å². The number of hydrogen-bond donors (Lipinski definition) is 0. The third-order valence-corrected chi connectivity index (χ3v) is 26.9. The molecule has 147 heavy (non-hydrogen) atoms. The van der Waals surface area contributed by atoms with Crippen LogP contribution in [-0.4, -0.2) is 44.9 Å². The second-order valence-electron chi connectivity index (χ2n) is 36.1. The van der Waals surface area contributed by atoms with Gasteiger partial charge in [0.2, 0.25) is 0 Å². The van der Waals surface area contributed by atoms with Gasteiger partial charge >= 0.3 is 0 Å². The van der Waals surface area contributed by atoms with Gasteiger partial charge in [-0.15, -0.1) is 0 Å². The minimum absolute atomic E-state index is 0.604. The lowest BCUT2D eigenvalue weighted by Gasteiger charge is -2.11. The van der Waals surface area contributed by atoms with Gasteiger partial charge in [0, 0.05) is 82.4 Å². The van der Waals surface area contributed by atoms with Crippen LogP contribution in [0.25, 0.3) is 268 Å². The third-order valence-electron chi connectivity index (χ3n) is 26.9. The summed E-state index contributed by atoms with van der Waals surface area (Å²) in [6.45, 7) is 0. The summed E-state index contributed by atoms with van der Waals surface area (Å²) in [5.74, 6) is 5.59. The Kier molecular flexibility index (Phi) is 23.8. The highest BCUT2D eigenvalue weighted by Crippen LogP contribution is 2.46. The van der Waals surface area contributed by atoms with Crippen molar-refractivity contribution in [2.75, 3.05) is 0 Å². The molecule has 6 aromatic heterocycles. The fraction of sp³-hybridized carbons (Fsp3) is 0. The number of hydrogen-bond acceptors (Lipinski definition) is 12. The summed E-state index contributed by atoms with van der Waals surface area (Å²) in [4.78, 5) is 44.8. The minimum atomic E-state index is 0.604. The number of rotatable bonds is 18. The predicted molar refractivity (Wildman–Crippen MR) is 599 cm³/mol. The number of aromatic nitrogens is 9. The Bertz CT molecular complexity index is 9280. The second kappa shape index (κ2) is 39.6. The van der Waals surface area contributed by atoms with E-state index in [2.05, 4.69) is 297 Å². The van der Waals surface area contributed by atoms with E-state index in [0.29, 0.717) is 52.4 Å². The summed E-state index contributed by atoms with van der Waals surface area (Å²) >= 11 is 0. The Hall–Kier alpha value is -20.0. The molecule has 12 heteroatoms. The molecule has 21 aromatic carbocycles. The van der Waals surface area contributed by atoms with Gasteiger partial charge < -0.3 is 13.3 Å². The minimum Gasteiger partial charge on any atom is -0.456 e. The monoisotopic (exact) mass is 1880 g/mol. The van der Waals surface area contributed by atoms with Crippen LogP contribution in [0.4, 0.5) is 0 Å². The van der Waals surface area contributed by atoms with Crippen molar-refractivity contribution in [2.45, 2.75) is 0 Å². The average Bonchev–Trinajstić information content (AvgIpc) is 1.62. The third kappa shape index (κ3) is 18.2. The molecule has 27 rings (SSSR count). The number of furan rings is 3. The molecule has 0 saturated heterocycles. The van der Waals surface area contributed by atoms with E-state index in [4.69, 9.17) is 58.1 Å². The van der Waals surface area contributed by atoms with Crippen molar-refractivity contribution >= 4 is 65.8 Å². The highest BCUT2D eigenvalue weighted by molar-refractivity contribution is 6.16. The molecule has 0 amide bonds. The zero-order valence-electron chi connectivity index (χ0n) is 79.5. The fourth-order valence-electron chi connectivity index (χ4n) is 19.5. The molecule has 0 N–H and O–H groups in total. The molecule has 0 bridgehead atoms. The molecule has 0 aliphatic carbocycles. The number of fused-ring (bicyclic) bond motifs is 9. The lowest BCUT2D eigenvalue weighted by molar-refractivity contribution is 0.668. The quantitative estimate of drug-likeness (QED) is 0.0803. The van der Waals surface area contributed by atoms with Gasteiger partial charge in [0.05, 0.1) is 0 Å². The van der Waals surface area contributed by atoms with Gasteiger partial charge in [-0.05, 0) is 161 Å². The zero-order chi connectivity index (χ0) is 97.7. The molecule has 12 nitrogen and oxygen atoms in total. The number of benzene rings is 21. The van der Waals surface area contributed by atoms with Crippen LogP contribution in [0.15, 0.2) is 541 Å². The Morgan fingerprint density at radius 2 is 0.265 bits per heavy atom. The SMILES string of the molecule is c1ccc(-c2ccc(-c3ccc(-c4ccc5oc6cccc(-c7nc(-c8ccccc8)nc(-c8ccccc8)n7)c6c5c4)cc3)cc2)cc1.c1ccc(-c2cccc(-c3ccc(-c4ccc5oc6cccc(-c7nc(-c8ccccc8)nc(-c8ccccc8)n7)c6c5c4)cc3)c2)cc1.c1ccc(-c2nc(-c3ccccc3)nc(-c3cccc4oc5ccc(-c6ccc(-c7ccccc7-c7ccccc7)cc6)cc5c34)n2)cc1. The standard InChI is InChI=1S/3C45H29N3O/c1-4-12-30(13-5-1)35-18-10-19-36(28-35)31-22-24-32(25-23-31)37-26-27-40-39(29-37)42-38(20-11-21-41(42)49-40)45-47-43(33-14-6-2-7-15-33)46-44(48-45)34-16-8-3-9-17-34;1-4-13-31(14-5-1)36-19-10-11-20-37(36)32-25-23-30(24-26-32)35-27-28-40-39(29-35)42-38(21-12-22-41(42)49-40)45-47-43(33-15-6-2-7-16-33)46-44(48-45)34-17-8-3-9-18-34;1-4-11-30(12-5-1)31-19-21-32(22-20-31)33-23-25-34(26-24-33)37-27-28-40-39(29-37)42-38(17-10-18-41(42)49-40)45-47-43(35-13-6-2-7-14-35)46-44(48-45)36-15-8-3-9-16-36/h3*1-29H. The van der Waals surface area contributed by atoms with Gasteiger partial charge in [0.25, 0.3) is 0 Å². The Labute approximate surface area is 848 Å². The summed E-state index contributed by atoms with van der Waals surface area (Å²) in [7, 11) is 0. The van der Waals surface area contributed by atoms with E-state index >= 15 is 0 Å². The van der Waals surface area contributed by atoms with E-state index in [1.807, 2.05) is 231 Å². The van der Waals surface area contributed by atoms with Crippen LogP contribution in [0.5, 0.6) is 0 Å². The molecule has 690 valence electrons. The van der Waals surface area contributed by atoms with Crippen LogP contribution < -0.4 is 0 Å². The summed E-state index contributed by atoms with van der Waals surface area (Å²) in [6.07, 6.45) is 0. The van der Waals surface area contributed by atoms with Gasteiger partial charge in [-0.25, -0.2) is 44.9 Å². The second-order valence-corrected chi connectivity index (χ2v) is 36.1. The summed E-state index contributed by atoms with van der Waals surface area (Å²) in [5, 5.41) is 6.01. The highest BCUT2D eigenvalue weighted by Gasteiger charge is 2.25. The molecule has 0 spiro atoms. The topological polar surface area (TPSA) is 155 Å². The first-order chi connectivity index (χ1) is 72.8. The van der Waals surface area contributed by atoms with Crippen LogP contribution in [0.1, 0.15) is 0 Å². The molecular formula is C135H87N9O3. The number of nitrogens with zero attached hydrogens (tertiary/aromatic N) is 9. The predicted octanol–water partition coefficient (Wildman–Crippen LogP) is 35.3. The molecular weight excluding hydrogens is 1800 g/mol. The Balaban J connectivity index is 0.000000115. The van der Waals surface area contributed by atoms with E-state index in [9.17, 15) is 0 Å². The molecule has 0 aliphatic rings. The maximum Gasteiger partial charge on any atom is 0.164 e. The van der Waals surface area contributed by atoms with Crippen LogP contribution in [-0.2, 0) is 0 Å². The van der Waals surface area contributed by atoms with Gasteiger partial charge in [-0.1, -0.05) is 467 Å². The van der Waals surface area contributed by atoms with Crippen LogP contribution >= 0.6 is 0 Å². The van der Waals surface area contributed by atoms with Crippen molar-refractivity contribution in [1.82, 2.24) is 44.9 Å². The molecule has 27 aromatic rings.